The Balaban J connectivity index is 1.87. The molecule has 0 bridgehead atoms. The molecule has 0 amide bonds. The van der Waals surface area contributed by atoms with Gasteiger partial charge in [0.15, 0.2) is 11.5 Å². The van der Waals surface area contributed by atoms with Crippen LogP contribution < -0.4 is 14.2 Å². The standard InChI is InChI=1S/C21H22F2N2O4S/c1-4-20(5-2,13-9-10-17-18(11-13)29-21(22,23)28-17)15-12-24-19-14(15)7-6-8-16(19)25-30(3,26)27/h6-12,24-25H,4-5H2,1-3H3. The fourth-order valence-electron chi connectivity index (χ4n) is 4.28. The van der Waals surface area contributed by atoms with Crippen molar-refractivity contribution in [2.45, 2.75) is 38.4 Å². The van der Waals surface area contributed by atoms with E-state index in [1.54, 1.807) is 24.3 Å². The number of fused-ring (bicyclic) bond motifs is 2. The van der Waals surface area contributed by atoms with Crippen molar-refractivity contribution >= 4 is 26.6 Å². The summed E-state index contributed by atoms with van der Waals surface area (Å²) in [6.45, 7) is 4.06. The summed E-state index contributed by atoms with van der Waals surface area (Å²) in [5, 5.41) is 0.857. The number of rotatable bonds is 6. The molecule has 3 aromatic rings. The van der Waals surface area contributed by atoms with Gasteiger partial charge in [-0.2, -0.15) is 0 Å². The van der Waals surface area contributed by atoms with Crippen molar-refractivity contribution in [3.63, 3.8) is 0 Å². The normalized spacial score (nSPS) is 15.5. The zero-order chi connectivity index (χ0) is 21.7. The molecule has 0 unspecified atom stereocenters. The zero-order valence-electron chi connectivity index (χ0n) is 16.8. The maximum absolute atomic E-state index is 13.5. The van der Waals surface area contributed by atoms with Crippen LogP contribution in [-0.2, 0) is 15.4 Å². The molecule has 4 rings (SSSR count). The Morgan fingerprint density at radius 2 is 1.80 bits per heavy atom. The minimum atomic E-state index is -3.67. The van der Waals surface area contributed by atoms with E-state index in [-0.39, 0.29) is 11.5 Å². The van der Waals surface area contributed by atoms with Gasteiger partial charge in [0, 0.05) is 17.0 Å². The lowest BCUT2D eigenvalue weighted by Crippen LogP contribution is -2.26. The Labute approximate surface area is 173 Å². The summed E-state index contributed by atoms with van der Waals surface area (Å²) in [6, 6.07) is 10.2. The molecule has 2 N–H and O–H groups in total. The summed E-state index contributed by atoms with van der Waals surface area (Å²) in [5.41, 5.74) is 2.38. The summed E-state index contributed by atoms with van der Waals surface area (Å²) >= 11 is 0. The average Bonchev–Trinajstić information content (AvgIpc) is 3.22. The predicted molar refractivity (Wildman–Crippen MR) is 111 cm³/mol. The van der Waals surface area contributed by atoms with Crippen LogP contribution in [0.3, 0.4) is 0 Å². The molecule has 0 atom stereocenters. The van der Waals surface area contributed by atoms with E-state index in [1.165, 1.54) is 6.07 Å². The Morgan fingerprint density at radius 1 is 1.10 bits per heavy atom. The van der Waals surface area contributed by atoms with Crippen LogP contribution >= 0.6 is 0 Å². The van der Waals surface area contributed by atoms with Crippen LogP contribution in [-0.4, -0.2) is 26.0 Å². The lowest BCUT2D eigenvalue weighted by atomic mass is 9.70. The van der Waals surface area contributed by atoms with Gasteiger partial charge >= 0.3 is 6.29 Å². The fraction of sp³-hybridized carbons (Fsp3) is 0.333. The quantitative estimate of drug-likeness (QED) is 0.572. The van der Waals surface area contributed by atoms with Gasteiger partial charge in [-0.05, 0) is 42.2 Å². The Kier molecular flexibility index (Phi) is 4.68. The highest BCUT2D eigenvalue weighted by Gasteiger charge is 2.44. The molecule has 30 heavy (non-hydrogen) atoms. The molecule has 1 aliphatic heterocycles. The highest BCUT2D eigenvalue weighted by atomic mass is 32.2. The first-order valence-electron chi connectivity index (χ1n) is 9.57. The van der Waals surface area contributed by atoms with E-state index in [2.05, 4.69) is 19.2 Å². The van der Waals surface area contributed by atoms with Gasteiger partial charge in [-0.15, -0.1) is 8.78 Å². The van der Waals surface area contributed by atoms with E-state index in [4.69, 9.17) is 0 Å². The van der Waals surface area contributed by atoms with Crippen LogP contribution in [0.4, 0.5) is 14.5 Å². The molecule has 160 valence electrons. The summed E-state index contributed by atoms with van der Waals surface area (Å²) in [5.74, 6) is 0.00599. The molecule has 9 heteroatoms. The minimum absolute atomic E-state index is 0.00282. The summed E-state index contributed by atoms with van der Waals surface area (Å²) in [4.78, 5) is 3.19. The smallest absolute Gasteiger partial charge is 0.395 e. The molecule has 0 fully saturated rings. The first-order chi connectivity index (χ1) is 14.1. The molecule has 1 aliphatic rings. The van der Waals surface area contributed by atoms with Gasteiger partial charge < -0.3 is 14.5 Å². The van der Waals surface area contributed by atoms with E-state index in [0.717, 1.165) is 22.8 Å². The lowest BCUT2D eigenvalue weighted by Gasteiger charge is -2.32. The largest absolute Gasteiger partial charge is 0.586 e. The Hall–Kier alpha value is -2.81. The molecule has 0 spiro atoms. The van der Waals surface area contributed by atoms with Crippen LogP contribution in [0.2, 0.25) is 0 Å². The number of hydrogen-bond acceptors (Lipinski definition) is 4. The van der Waals surface area contributed by atoms with Gasteiger partial charge in [-0.3, -0.25) is 4.72 Å². The third kappa shape index (κ3) is 3.36. The maximum Gasteiger partial charge on any atom is 0.586 e. The van der Waals surface area contributed by atoms with E-state index < -0.39 is 21.7 Å². The van der Waals surface area contributed by atoms with Crippen molar-refractivity contribution in [3.05, 3.63) is 53.7 Å². The van der Waals surface area contributed by atoms with E-state index >= 15 is 0 Å². The molecule has 1 aromatic heterocycles. The molecule has 2 aromatic carbocycles. The second-order valence-electron chi connectivity index (χ2n) is 7.42. The summed E-state index contributed by atoms with van der Waals surface area (Å²) in [6.07, 6.45) is 0.659. The number of ether oxygens (including phenoxy) is 2. The predicted octanol–water partition coefficient (Wildman–Crippen LogP) is 4.97. The fourth-order valence-corrected chi connectivity index (χ4v) is 4.85. The number of anilines is 1. The topological polar surface area (TPSA) is 80.4 Å². The van der Waals surface area contributed by atoms with Crippen molar-refractivity contribution in [1.29, 1.82) is 0 Å². The zero-order valence-corrected chi connectivity index (χ0v) is 17.6. The number of halogens is 2. The van der Waals surface area contributed by atoms with Crippen LogP contribution in [0, 0.1) is 0 Å². The van der Waals surface area contributed by atoms with Gasteiger partial charge in [0.05, 0.1) is 17.5 Å². The number of aromatic amines is 1. The number of H-pyrrole nitrogens is 1. The summed E-state index contributed by atoms with van der Waals surface area (Å²) < 4.78 is 62.1. The van der Waals surface area contributed by atoms with Crippen LogP contribution in [0.25, 0.3) is 10.9 Å². The Morgan fingerprint density at radius 3 is 2.47 bits per heavy atom. The highest BCUT2D eigenvalue weighted by Crippen LogP contribution is 2.48. The van der Waals surface area contributed by atoms with Crippen LogP contribution in [0.15, 0.2) is 42.6 Å². The van der Waals surface area contributed by atoms with Crippen LogP contribution in [0.1, 0.15) is 37.8 Å². The third-order valence-electron chi connectivity index (χ3n) is 5.69. The number of aromatic nitrogens is 1. The van der Waals surface area contributed by atoms with E-state index in [9.17, 15) is 17.2 Å². The molecular weight excluding hydrogens is 414 g/mol. The van der Waals surface area contributed by atoms with Gasteiger partial charge in [0.25, 0.3) is 0 Å². The molecule has 0 aliphatic carbocycles. The molecule has 2 heterocycles. The minimum Gasteiger partial charge on any atom is -0.395 e. The first-order valence-corrected chi connectivity index (χ1v) is 11.5. The van der Waals surface area contributed by atoms with Crippen LogP contribution in [0.5, 0.6) is 11.5 Å². The Bertz CT molecular complexity index is 1220. The molecule has 0 saturated carbocycles. The van der Waals surface area contributed by atoms with Crippen molar-refractivity contribution in [2.24, 2.45) is 0 Å². The maximum atomic E-state index is 13.5. The second kappa shape index (κ2) is 6.87. The van der Waals surface area contributed by atoms with Crippen molar-refractivity contribution in [3.8, 4) is 11.5 Å². The number of para-hydroxylation sites is 1. The molecular formula is C21H22F2N2O4S. The van der Waals surface area contributed by atoms with Gasteiger partial charge in [0.2, 0.25) is 10.0 Å². The number of alkyl halides is 2. The van der Waals surface area contributed by atoms with Crippen molar-refractivity contribution in [2.75, 3.05) is 11.0 Å². The third-order valence-corrected chi connectivity index (χ3v) is 6.28. The van der Waals surface area contributed by atoms with Crippen molar-refractivity contribution in [1.82, 2.24) is 4.98 Å². The molecule has 0 saturated heterocycles. The average molecular weight is 436 g/mol. The van der Waals surface area contributed by atoms with Crippen molar-refractivity contribution < 1.29 is 26.7 Å². The lowest BCUT2D eigenvalue weighted by molar-refractivity contribution is -0.286. The number of hydrogen-bond donors (Lipinski definition) is 2. The van der Waals surface area contributed by atoms with Gasteiger partial charge in [-0.25, -0.2) is 8.42 Å². The summed E-state index contributed by atoms with van der Waals surface area (Å²) in [7, 11) is -3.45. The molecule has 6 nitrogen and oxygen atoms in total. The highest BCUT2D eigenvalue weighted by molar-refractivity contribution is 7.92. The second-order valence-corrected chi connectivity index (χ2v) is 9.17. The molecule has 0 radical (unpaired) electrons. The number of benzene rings is 2. The monoisotopic (exact) mass is 436 g/mol. The van der Waals surface area contributed by atoms with E-state index in [0.29, 0.717) is 24.0 Å². The SMILES string of the molecule is CCC(CC)(c1ccc2c(c1)OC(F)(F)O2)c1c[nH]c2c(NS(C)(=O)=O)cccc12. The number of sulfonamides is 1. The van der Waals surface area contributed by atoms with Gasteiger partial charge in [0.1, 0.15) is 0 Å². The van der Waals surface area contributed by atoms with Gasteiger partial charge in [-0.1, -0.05) is 32.0 Å². The van der Waals surface area contributed by atoms with E-state index in [1.807, 2.05) is 26.1 Å². The number of nitrogens with one attached hydrogen (secondary N) is 2. The first kappa shape index (κ1) is 20.5.